The summed E-state index contributed by atoms with van der Waals surface area (Å²) < 4.78 is 11.6. The zero-order valence-electron chi connectivity index (χ0n) is 14.9. The van der Waals surface area contributed by atoms with Crippen LogP contribution in [0.2, 0.25) is 0 Å². The number of rotatable bonds is 5. The van der Waals surface area contributed by atoms with E-state index in [9.17, 15) is 4.79 Å². The van der Waals surface area contributed by atoms with Crippen molar-refractivity contribution in [3.8, 4) is 0 Å². The minimum Gasteiger partial charge on any atom is -0.459 e. The van der Waals surface area contributed by atoms with Crippen molar-refractivity contribution in [2.24, 2.45) is 0 Å². The lowest BCUT2D eigenvalue weighted by Gasteiger charge is -2.31. The van der Waals surface area contributed by atoms with Gasteiger partial charge in [0, 0.05) is 12.0 Å². The molecule has 2 heterocycles. The molecule has 26 heavy (non-hydrogen) atoms. The standard InChI is InChI=1S/C22H23NO3/c1-16(17-8-3-2-4-9-17)23(22(24)21-12-7-13-25-21)15-19-14-18-10-5-6-11-20(18)26-19/h2-6,8-11,14,16,21H,7,12-13,15H2,1H3/t16-,21+/m1/s1. The molecule has 1 aliphatic rings. The Hall–Kier alpha value is -2.59. The van der Waals surface area contributed by atoms with Crippen molar-refractivity contribution in [1.29, 1.82) is 0 Å². The molecule has 134 valence electrons. The molecule has 0 unspecified atom stereocenters. The molecule has 0 bridgehead atoms. The fourth-order valence-corrected chi connectivity index (χ4v) is 3.56. The highest BCUT2D eigenvalue weighted by atomic mass is 16.5. The van der Waals surface area contributed by atoms with Gasteiger partial charge in [0.25, 0.3) is 5.91 Å². The predicted molar refractivity (Wildman–Crippen MR) is 101 cm³/mol. The van der Waals surface area contributed by atoms with Gasteiger partial charge in [-0.2, -0.15) is 0 Å². The van der Waals surface area contributed by atoms with Crippen LogP contribution in [0.3, 0.4) is 0 Å². The lowest BCUT2D eigenvalue weighted by Crippen LogP contribution is -2.40. The fourth-order valence-electron chi connectivity index (χ4n) is 3.56. The van der Waals surface area contributed by atoms with Crippen LogP contribution in [0.1, 0.15) is 37.1 Å². The van der Waals surface area contributed by atoms with Crippen LogP contribution in [0.5, 0.6) is 0 Å². The molecule has 0 saturated carbocycles. The highest BCUT2D eigenvalue weighted by Gasteiger charge is 2.32. The van der Waals surface area contributed by atoms with E-state index in [-0.39, 0.29) is 18.1 Å². The van der Waals surface area contributed by atoms with Gasteiger partial charge in [0.05, 0.1) is 12.6 Å². The van der Waals surface area contributed by atoms with Crippen LogP contribution in [0.15, 0.2) is 65.1 Å². The van der Waals surface area contributed by atoms with Crippen molar-refractivity contribution in [3.63, 3.8) is 0 Å². The lowest BCUT2D eigenvalue weighted by atomic mass is 10.1. The number of hydrogen-bond donors (Lipinski definition) is 0. The second-order valence-electron chi connectivity index (χ2n) is 6.80. The zero-order valence-corrected chi connectivity index (χ0v) is 14.9. The van der Waals surface area contributed by atoms with E-state index >= 15 is 0 Å². The Morgan fingerprint density at radius 1 is 1.15 bits per heavy atom. The summed E-state index contributed by atoms with van der Waals surface area (Å²) in [6, 6.07) is 20.0. The van der Waals surface area contributed by atoms with Gasteiger partial charge in [-0.05, 0) is 37.5 Å². The van der Waals surface area contributed by atoms with Crippen LogP contribution >= 0.6 is 0 Å². The Bertz CT molecular complexity index is 848. The van der Waals surface area contributed by atoms with Crippen LogP contribution in [-0.2, 0) is 16.1 Å². The van der Waals surface area contributed by atoms with Gasteiger partial charge >= 0.3 is 0 Å². The number of ether oxygens (including phenoxy) is 1. The minimum absolute atomic E-state index is 0.0410. The number of fused-ring (bicyclic) bond motifs is 1. The van der Waals surface area contributed by atoms with Crippen molar-refractivity contribution in [3.05, 3.63) is 72.0 Å². The molecule has 3 aromatic rings. The largest absolute Gasteiger partial charge is 0.459 e. The molecule has 0 radical (unpaired) electrons. The summed E-state index contributed by atoms with van der Waals surface area (Å²) in [5.41, 5.74) is 1.95. The number of para-hydroxylation sites is 1. The van der Waals surface area contributed by atoms with Crippen molar-refractivity contribution in [2.75, 3.05) is 6.61 Å². The van der Waals surface area contributed by atoms with E-state index in [0.29, 0.717) is 13.2 Å². The zero-order chi connectivity index (χ0) is 17.9. The molecule has 1 saturated heterocycles. The molecular weight excluding hydrogens is 326 g/mol. The summed E-state index contributed by atoms with van der Waals surface area (Å²) in [6.07, 6.45) is 1.39. The topological polar surface area (TPSA) is 42.7 Å². The molecule has 4 heteroatoms. The molecule has 4 nitrogen and oxygen atoms in total. The maximum Gasteiger partial charge on any atom is 0.252 e. The fraction of sp³-hybridized carbons (Fsp3) is 0.318. The number of carbonyl (C=O) groups excluding carboxylic acids is 1. The maximum atomic E-state index is 13.1. The smallest absolute Gasteiger partial charge is 0.252 e. The average molecular weight is 349 g/mol. The van der Waals surface area contributed by atoms with Crippen LogP contribution in [0, 0.1) is 0 Å². The van der Waals surface area contributed by atoms with E-state index in [1.54, 1.807) is 0 Å². The quantitative estimate of drug-likeness (QED) is 0.670. The van der Waals surface area contributed by atoms with E-state index in [2.05, 4.69) is 19.1 Å². The number of benzene rings is 2. The maximum absolute atomic E-state index is 13.1. The van der Waals surface area contributed by atoms with Gasteiger partial charge < -0.3 is 14.1 Å². The first-order chi connectivity index (χ1) is 12.7. The Morgan fingerprint density at radius 3 is 2.65 bits per heavy atom. The molecule has 1 aromatic heterocycles. The van der Waals surface area contributed by atoms with Gasteiger partial charge in [0.2, 0.25) is 0 Å². The van der Waals surface area contributed by atoms with Gasteiger partial charge in [0.15, 0.2) is 0 Å². The molecule has 0 spiro atoms. The number of amides is 1. The Balaban J connectivity index is 1.63. The van der Waals surface area contributed by atoms with Gasteiger partial charge in [0.1, 0.15) is 17.4 Å². The Labute approximate surface area is 153 Å². The Kier molecular flexibility index (Phi) is 4.76. The van der Waals surface area contributed by atoms with Gasteiger partial charge in [-0.3, -0.25) is 4.79 Å². The SMILES string of the molecule is C[C@H](c1ccccc1)N(Cc1cc2ccccc2o1)C(=O)[C@@H]1CCCO1. The monoisotopic (exact) mass is 349 g/mol. The van der Waals surface area contributed by atoms with Crippen molar-refractivity contribution >= 4 is 16.9 Å². The van der Waals surface area contributed by atoms with Crippen LogP contribution < -0.4 is 0 Å². The second kappa shape index (κ2) is 7.34. The average Bonchev–Trinajstić information content (AvgIpc) is 3.35. The summed E-state index contributed by atoms with van der Waals surface area (Å²) >= 11 is 0. The van der Waals surface area contributed by atoms with Gasteiger partial charge in [-0.25, -0.2) is 0 Å². The summed E-state index contributed by atoms with van der Waals surface area (Å²) in [7, 11) is 0. The van der Waals surface area contributed by atoms with Gasteiger partial charge in [-0.1, -0.05) is 48.5 Å². The van der Waals surface area contributed by atoms with E-state index < -0.39 is 0 Å². The van der Waals surface area contributed by atoms with E-state index in [1.165, 1.54) is 0 Å². The summed E-state index contributed by atoms with van der Waals surface area (Å²) in [6.45, 7) is 3.16. The molecule has 0 N–H and O–H groups in total. The molecule has 1 aliphatic heterocycles. The molecule has 2 aromatic carbocycles. The van der Waals surface area contributed by atoms with E-state index in [4.69, 9.17) is 9.15 Å². The number of furan rings is 1. The second-order valence-corrected chi connectivity index (χ2v) is 6.80. The van der Waals surface area contributed by atoms with Crippen molar-refractivity contribution in [2.45, 2.75) is 38.5 Å². The predicted octanol–water partition coefficient (Wildman–Crippen LogP) is 4.70. The normalized spacial score (nSPS) is 18.1. The minimum atomic E-state index is -0.342. The summed E-state index contributed by atoms with van der Waals surface area (Å²) in [4.78, 5) is 15.0. The molecule has 4 rings (SSSR count). The van der Waals surface area contributed by atoms with E-state index in [0.717, 1.165) is 35.1 Å². The first-order valence-corrected chi connectivity index (χ1v) is 9.17. The highest BCUT2D eigenvalue weighted by Crippen LogP contribution is 2.28. The van der Waals surface area contributed by atoms with Crippen LogP contribution in [-0.4, -0.2) is 23.5 Å². The Morgan fingerprint density at radius 2 is 1.92 bits per heavy atom. The third-order valence-corrected chi connectivity index (χ3v) is 5.04. The van der Waals surface area contributed by atoms with Crippen molar-refractivity contribution < 1.29 is 13.9 Å². The van der Waals surface area contributed by atoms with Crippen molar-refractivity contribution in [1.82, 2.24) is 4.90 Å². The first kappa shape index (κ1) is 16.9. The third kappa shape index (κ3) is 3.37. The van der Waals surface area contributed by atoms with Crippen LogP contribution in [0.4, 0.5) is 0 Å². The first-order valence-electron chi connectivity index (χ1n) is 9.17. The highest BCUT2D eigenvalue weighted by molar-refractivity contribution is 5.82. The van der Waals surface area contributed by atoms with E-state index in [1.807, 2.05) is 53.4 Å². The third-order valence-electron chi connectivity index (χ3n) is 5.04. The number of hydrogen-bond acceptors (Lipinski definition) is 3. The lowest BCUT2D eigenvalue weighted by molar-refractivity contribution is -0.144. The number of carbonyl (C=O) groups is 1. The van der Waals surface area contributed by atoms with Gasteiger partial charge in [-0.15, -0.1) is 0 Å². The molecule has 0 aliphatic carbocycles. The molecule has 1 amide bonds. The number of nitrogens with zero attached hydrogens (tertiary/aromatic N) is 1. The summed E-state index contributed by atoms with van der Waals surface area (Å²) in [5.74, 6) is 0.833. The van der Waals surface area contributed by atoms with Crippen LogP contribution in [0.25, 0.3) is 11.0 Å². The molecule has 2 atom stereocenters. The molecular formula is C22H23NO3. The molecule has 1 fully saturated rings. The summed E-state index contributed by atoms with van der Waals surface area (Å²) in [5, 5.41) is 1.05.